The smallest absolute Gasteiger partial charge is 0.252 e. The summed E-state index contributed by atoms with van der Waals surface area (Å²) in [5.74, 6) is 0.652. The topological polar surface area (TPSA) is 78.1 Å². The van der Waals surface area contributed by atoms with Crippen molar-refractivity contribution in [1.29, 1.82) is 0 Å². The number of aryl methyl sites for hydroxylation is 1. The molecule has 0 unspecified atom stereocenters. The zero-order chi connectivity index (χ0) is 20.7. The lowest BCUT2D eigenvalue weighted by molar-refractivity contribution is 0.515. The number of hydrogen-bond donors (Lipinski definition) is 0. The summed E-state index contributed by atoms with van der Waals surface area (Å²) >= 11 is 8.14. The summed E-state index contributed by atoms with van der Waals surface area (Å²) < 4.78 is 7.83. The van der Waals surface area contributed by atoms with Gasteiger partial charge in [0.2, 0.25) is 11.1 Å². The van der Waals surface area contributed by atoms with Gasteiger partial charge in [0.15, 0.2) is 5.69 Å². The third-order valence-corrected chi connectivity index (χ3v) is 5.50. The molecule has 30 heavy (non-hydrogen) atoms. The molecule has 2 aromatic heterocycles. The van der Waals surface area contributed by atoms with E-state index < -0.39 is 0 Å². The van der Waals surface area contributed by atoms with Gasteiger partial charge in [-0.2, -0.15) is 10.1 Å². The zero-order valence-corrected chi connectivity index (χ0v) is 17.6. The first kappa shape index (κ1) is 18.8. The van der Waals surface area contributed by atoms with Gasteiger partial charge in [-0.15, -0.1) is 10.2 Å². The van der Waals surface area contributed by atoms with E-state index in [-0.39, 0.29) is 0 Å². The van der Waals surface area contributed by atoms with Crippen molar-refractivity contribution in [3.05, 3.63) is 71.0 Å². The van der Waals surface area contributed by atoms with Crippen LogP contribution in [0.4, 0.5) is 5.69 Å². The van der Waals surface area contributed by atoms with Crippen LogP contribution in [0.15, 0.2) is 64.7 Å². The zero-order valence-electron chi connectivity index (χ0n) is 16.1. The number of hydrogen-bond acceptors (Lipinski definition) is 7. The molecule has 0 fully saturated rings. The SMILES string of the molecule is CSc1nnc2c(n1)OC(c1c(C)nn(-c3ccccc3)c1Cl)=Nc1ccccc1-2. The molecule has 4 aromatic rings. The number of halogens is 1. The van der Waals surface area contributed by atoms with Gasteiger partial charge in [-0.05, 0) is 31.4 Å². The van der Waals surface area contributed by atoms with Gasteiger partial charge >= 0.3 is 0 Å². The molecule has 0 saturated carbocycles. The first-order valence-electron chi connectivity index (χ1n) is 9.11. The average Bonchev–Trinajstić information content (AvgIpc) is 2.98. The van der Waals surface area contributed by atoms with Gasteiger partial charge in [0.05, 0.1) is 22.6 Å². The van der Waals surface area contributed by atoms with E-state index in [2.05, 4.69) is 20.3 Å². The van der Waals surface area contributed by atoms with Gasteiger partial charge in [-0.25, -0.2) is 9.67 Å². The number of rotatable bonds is 3. The number of nitrogens with zero attached hydrogens (tertiary/aromatic N) is 6. The molecule has 5 rings (SSSR count). The van der Waals surface area contributed by atoms with E-state index in [1.54, 1.807) is 4.68 Å². The molecule has 0 radical (unpaired) electrons. The normalized spacial score (nSPS) is 12.4. The Kier molecular flexibility index (Phi) is 4.72. The minimum Gasteiger partial charge on any atom is -0.417 e. The van der Waals surface area contributed by atoms with Crippen LogP contribution in [0.3, 0.4) is 0 Å². The van der Waals surface area contributed by atoms with E-state index in [9.17, 15) is 0 Å². The molecule has 7 nitrogen and oxygen atoms in total. The molecule has 0 saturated heterocycles. The predicted molar refractivity (Wildman–Crippen MR) is 117 cm³/mol. The summed E-state index contributed by atoms with van der Waals surface area (Å²) in [6.07, 6.45) is 1.88. The lowest BCUT2D eigenvalue weighted by Gasteiger charge is -2.08. The second kappa shape index (κ2) is 7.55. The lowest BCUT2D eigenvalue weighted by Crippen LogP contribution is -2.13. The Morgan fingerprint density at radius 2 is 1.77 bits per heavy atom. The van der Waals surface area contributed by atoms with Crippen LogP contribution in [0.2, 0.25) is 5.15 Å². The highest BCUT2D eigenvalue weighted by molar-refractivity contribution is 7.98. The molecule has 0 atom stereocenters. The molecule has 9 heteroatoms. The van der Waals surface area contributed by atoms with Crippen molar-refractivity contribution in [2.24, 2.45) is 4.99 Å². The minimum atomic E-state index is 0.318. The van der Waals surface area contributed by atoms with Crippen molar-refractivity contribution >= 4 is 34.9 Å². The third kappa shape index (κ3) is 3.14. The maximum absolute atomic E-state index is 6.75. The van der Waals surface area contributed by atoms with Crippen LogP contribution in [-0.2, 0) is 0 Å². The molecule has 3 heterocycles. The summed E-state index contributed by atoms with van der Waals surface area (Å²) in [6.45, 7) is 1.87. The molecule has 148 valence electrons. The minimum absolute atomic E-state index is 0.318. The Morgan fingerprint density at radius 3 is 2.57 bits per heavy atom. The van der Waals surface area contributed by atoms with Gasteiger partial charge < -0.3 is 4.74 Å². The average molecular weight is 435 g/mol. The molecule has 0 spiro atoms. The van der Waals surface area contributed by atoms with Crippen LogP contribution >= 0.6 is 23.4 Å². The fraction of sp³-hybridized carbons (Fsp3) is 0.0952. The highest BCUT2D eigenvalue weighted by Gasteiger charge is 2.27. The third-order valence-electron chi connectivity index (χ3n) is 4.61. The Hall–Kier alpha value is -3.23. The molecule has 2 aromatic carbocycles. The van der Waals surface area contributed by atoms with Crippen molar-refractivity contribution in [3.8, 4) is 22.8 Å². The summed E-state index contributed by atoms with van der Waals surface area (Å²) in [6, 6.07) is 17.3. The quantitative estimate of drug-likeness (QED) is 0.428. The van der Waals surface area contributed by atoms with Crippen LogP contribution in [0.5, 0.6) is 5.88 Å². The Bertz CT molecular complexity index is 1290. The fourth-order valence-corrected chi connectivity index (χ4v) is 3.86. The summed E-state index contributed by atoms with van der Waals surface area (Å²) in [5, 5.41) is 14.0. The van der Waals surface area contributed by atoms with Crippen molar-refractivity contribution in [2.45, 2.75) is 12.1 Å². The highest BCUT2D eigenvalue weighted by atomic mass is 35.5. The number of aliphatic imine (C=N–C) groups is 1. The Balaban J connectivity index is 1.71. The molecular formula is C21H15ClN6OS. The second-order valence-electron chi connectivity index (χ2n) is 6.49. The van der Waals surface area contributed by atoms with Crippen molar-refractivity contribution < 1.29 is 4.74 Å². The van der Waals surface area contributed by atoms with Crippen LogP contribution in [-0.4, -0.2) is 37.1 Å². The monoisotopic (exact) mass is 434 g/mol. The van der Waals surface area contributed by atoms with Crippen molar-refractivity contribution in [3.63, 3.8) is 0 Å². The molecule has 0 aliphatic carbocycles. The summed E-state index contributed by atoms with van der Waals surface area (Å²) in [5.41, 5.74) is 4.16. The number of fused-ring (bicyclic) bond motifs is 3. The van der Waals surface area contributed by atoms with Crippen molar-refractivity contribution in [1.82, 2.24) is 25.0 Å². The van der Waals surface area contributed by atoms with E-state index in [4.69, 9.17) is 21.3 Å². The van der Waals surface area contributed by atoms with Crippen LogP contribution in [0, 0.1) is 6.92 Å². The molecule has 1 aliphatic heterocycles. The van der Waals surface area contributed by atoms with Crippen molar-refractivity contribution in [2.75, 3.05) is 6.26 Å². The van der Waals surface area contributed by atoms with Crippen LogP contribution in [0.25, 0.3) is 16.9 Å². The maximum Gasteiger partial charge on any atom is 0.252 e. The molecule has 1 aliphatic rings. The second-order valence-corrected chi connectivity index (χ2v) is 7.62. The van der Waals surface area contributed by atoms with E-state index >= 15 is 0 Å². The van der Waals surface area contributed by atoms with Gasteiger partial charge in [0.25, 0.3) is 5.88 Å². The standard InChI is InChI=1S/C21H15ClN6OS/c1-12-16(18(22)28(27-12)13-8-4-3-5-9-13)19-23-15-11-7-6-10-14(15)17-20(29-19)24-21(30-2)26-25-17/h3-11H,1-2H3. The van der Waals surface area contributed by atoms with E-state index in [0.717, 1.165) is 11.3 Å². The fourth-order valence-electron chi connectivity index (χ4n) is 3.21. The molecular weight excluding hydrogens is 420 g/mol. The van der Waals surface area contributed by atoms with Crippen LogP contribution < -0.4 is 4.74 Å². The number of thioether (sulfide) groups is 1. The first-order chi connectivity index (χ1) is 14.7. The number of para-hydroxylation sites is 2. The summed E-state index contributed by atoms with van der Waals surface area (Å²) in [4.78, 5) is 9.26. The highest BCUT2D eigenvalue weighted by Crippen LogP contribution is 2.38. The molecule has 0 N–H and O–H groups in total. The first-order valence-corrected chi connectivity index (χ1v) is 10.7. The predicted octanol–water partition coefficient (Wildman–Crippen LogP) is 4.88. The Labute approximate surface area is 181 Å². The van der Waals surface area contributed by atoms with Gasteiger partial charge in [-0.1, -0.05) is 59.8 Å². The van der Waals surface area contributed by atoms with Gasteiger partial charge in [0, 0.05) is 5.56 Å². The largest absolute Gasteiger partial charge is 0.417 e. The number of aromatic nitrogens is 5. The van der Waals surface area contributed by atoms with Crippen LogP contribution in [0.1, 0.15) is 11.3 Å². The van der Waals surface area contributed by atoms with Gasteiger partial charge in [0.1, 0.15) is 5.15 Å². The summed E-state index contributed by atoms with van der Waals surface area (Å²) in [7, 11) is 0. The number of ether oxygens (including phenoxy) is 1. The van der Waals surface area contributed by atoms with E-state index in [0.29, 0.717) is 44.7 Å². The maximum atomic E-state index is 6.75. The van der Waals surface area contributed by atoms with E-state index in [1.807, 2.05) is 67.8 Å². The van der Waals surface area contributed by atoms with Gasteiger partial charge in [-0.3, -0.25) is 0 Å². The van der Waals surface area contributed by atoms with E-state index in [1.165, 1.54) is 11.8 Å². The molecule has 0 amide bonds. The number of benzene rings is 2. The molecule has 0 bridgehead atoms. The lowest BCUT2D eigenvalue weighted by atomic mass is 10.1. The Morgan fingerprint density at radius 1 is 1.00 bits per heavy atom.